The molecule has 80 valence electrons. The third-order valence-corrected chi connectivity index (χ3v) is 2.92. The smallest absolute Gasteiger partial charge is 0.170 e. The molecule has 1 saturated carbocycles. The molecule has 0 nitrogen and oxygen atoms in total. The van der Waals surface area contributed by atoms with E-state index in [2.05, 4.69) is 0 Å². The third kappa shape index (κ3) is 2.18. The second kappa shape index (κ2) is 4.34. The number of rotatable bonds is 1. The van der Waals surface area contributed by atoms with Gasteiger partial charge in [-0.25, -0.2) is 0 Å². The van der Waals surface area contributed by atoms with E-state index in [4.69, 9.17) is 0 Å². The summed E-state index contributed by atoms with van der Waals surface area (Å²) in [5.74, 6) is -0.267. The van der Waals surface area contributed by atoms with Gasteiger partial charge in [-0.2, -0.15) is 13.2 Å². The molecule has 0 aromatic carbocycles. The molecule has 13 heavy (non-hydrogen) atoms. The molecule has 0 amide bonds. The lowest BCUT2D eigenvalue weighted by atomic mass is 9.61. The Morgan fingerprint density at radius 3 is 1.46 bits per heavy atom. The van der Waals surface area contributed by atoms with Crippen molar-refractivity contribution >= 4 is 0 Å². The molecule has 0 saturated heterocycles. The highest BCUT2D eigenvalue weighted by Gasteiger charge is 2.59. The van der Waals surface area contributed by atoms with Crippen molar-refractivity contribution in [1.82, 2.24) is 0 Å². The molecule has 0 aromatic rings. The van der Waals surface area contributed by atoms with Crippen LogP contribution < -0.4 is 0 Å². The molecule has 1 fully saturated rings. The van der Waals surface area contributed by atoms with Crippen LogP contribution in [0, 0.1) is 11.3 Å². The van der Waals surface area contributed by atoms with E-state index in [-0.39, 0.29) is 5.92 Å². The van der Waals surface area contributed by atoms with Crippen LogP contribution in [0.25, 0.3) is 0 Å². The van der Waals surface area contributed by atoms with E-state index in [9.17, 15) is 13.2 Å². The zero-order valence-electron chi connectivity index (χ0n) is 8.83. The first-order chi connectivity index (χ1) is 5.90. The number of hydrogen-bond donors (Lipinski definition) is 0. The van der Waals surface area contributed by atoms with Crippen molar-refractivity contribution in [3.8, 4) is 0 Å². The predicted molar refractivity (Wildman–Crippen MR) is 48.5 cm³/mol. The van der Waals surface area contributed by atoms with Crippen LogP contribution in [-0.4, -0.2) is 6.18 Å². The van der Waals surface area contributed by atoms with Gasteiger partial charge in [-0.15, -0.1) is 0 Å². The lowest BCUT2D eigenvalue weighted by Gasteiger charge is -2.46. The summed E-state index contributed by atoms with van der Waals surface area (Å²) in [7, 11) is 0. The van der Waals surface area contributed by atoms with Crippen molar-refractivity contribution in [1.29, 1.82) is 0 Å². The fourth-order valence-electron chi connectivity index (χ4n) is 1.75. The zero-order chi connectivity index (χ0) is 10.7. The molecule has 0 spiro atoms. The monoisotopic (exact) mass is 196 g/mol. The molecule has 0 aliphatic heterocycles. The van der Waals surface area contributed by atoms with Crippen molar-refractivity contribution in [2.75, 3.05) is 0 Å². The van der Waals surface area contributed by atoms with E-state index in [1.165, 1.54) is 0 Å². The number of alkyl halides is 3. The van der Waals surface area contributed by atoms with E-state index >= 15 is 0 Å². The van der Waals surface area contributed by atoms with E-state index in [1.807, 2.05) is 13.8 Å². The van der Waals surface area contributed by atoms with Gasteiger partial charge in [0.15, 0.2) is 0 Å². The van der Waals surface area contributed by atoms with Crippen LogP contribution in [0.3, 0.4) is 0 Å². The quantitative estimate of drug-likeness (QED) is 0.583. The van der Waals surface area contributed by atoms with E-state index < -0.39 is 11.6 Å². The van der Waals surface area contributed by atoms with Gasteiger partial charge in [0, 0.05) is 0 Å². The Labute approximate surface area is 78.5 Å². The van der Waals surface area contributed by atoms with Gasteiger partial charge in [-0.3, -0.25) is 0 Å². The topological polar surface area (TPSA) is 0 Å². The van der Waals surface area contributed by atoms with Crippen LogP contribution in [0.5, 0.6) is 0 Å². The summed E-state index contributed by atoms with van der Waals surface area (Å²) in [4.78, 5) is 0. The second-order valence-corrected chi connectivity index (χ2v) is 3.66. The molecule has 0 radical (unpaired) electrons. The summed E-state index contributed by atoms with van der Waals surface area (Å²) in [6.45, 7) is 7.32. The number of halogens is 3. The summed E-state index contributed by atoms with van der Waals surface area (Å²) in [5.41, 5.74) is -1.34. The van der Waals surface area contributed by atoms with Crippen LogP contribution in [0.15, 0.2) is 0 Å². The normalized spacial score (nSPS) is 20.3. The van der Waals surface area contributed by atoms with E-state index in [0.717, 1.165) is 6.42 Å². The van der Waals surface area contributed by atoms with Gasteiger partial charge in [0.05, 0.1) is 5.41 Å². The summed E-state index contributed by atoms with van der Waals surface area (Å²) in [6, 6.07) is 0. The fourth-order valence-corrected chi connectivity index (χ4v) is 1.75. The Bertz CT molecular complexity index is 143. The van der Waals surface area contributed by atoms with Crippen molar-refractivity contribution in [2.45, 2.75) is 53.1 Å². The van der Waals surface area contributed by atoms with Gasteiger partial charge in [0.25, 0.3) is 0 Å². The Kier molecular flexibility index (Phi) is 4.27. The van der Waals surface area contributed by atoms with Gasteiger partial charge in [-0.1, -0.05) is 34.1 Å². The van der Waals surface area contributed by atoms with Crippen molar-refractivity contribution in [3.05, 3.63) is 0 Å². The van der Waals surface area contributed by atoms with Crippen LogP contribution in [0.1, 0.15) is 47.0 Å². The number of hydrogen-bond acceptors (Lipinski definition) is 0. The lowest BCUT2D eigenvalue weighted by Crippen LogP contribution is -2.47. The Hall–Kier alpha value is -0.210. The van der Waals surface area contributed by atoms with Crippen molar-refractivity contribution < 1.29 is 13.2 Å². The summed E-state index contributed by atoms with van der Waals surface area (Å²) < 4.78 is 37.2. The van der Waals surface area contributed by atoms with Crippen LogP contribution in [0.4, 0.5) is 13.2 Å². The minimum absolute atomic E-state index is 0.267. The SMILES string of the molecule is CC.CC(C)C1(C(F)(F)F)CCC1. The maximum Gasteiger partial charge on any atom is 0.394 e. The van der Waals surface area contributed by atoms with E-state index in [0.29, 0.717) is 12.8 Å². The Morgan fingerprint density at radius 1 is 1.08 bits per heavy atom. The van der Waals surface area contributed by atoms with Crippen LogP contribution in [-0.2, 0) is 0 Å². The average Bonchev–Trinajstić information content (AvgIpc) is 1.84. The summed E-state index contributed by atoms with van der Waals surface area (Å²) in [6.07, 6.45) is -2.60. The molecule has 1 aliphatic carbocycles. The standard InChI is InChI=1S/C8H13F3.C2H6/c1-6(2)7(4-3-5-7)8(9,10)11;1-2/h6H,3-5H2,1-2H3;1-2H3. The van der Waals surface area contributed by atoms with E-state index in [1.54, 1.807) is 13.8 Å². The molecule has 0 atom stereocenters. The minimum atomic E-state index is -3.99. The molecule has 3 heteroatoms. The molecule has 0 heterocycles. The second-order valence-electron chi connectivity index (χ2n) is 3.66. The third-order valence-electron chi connectivity index (χ3n) is 2.92. The predicted octanol–water partition coefficient (Wildman–Crippen LogP) is 4.40. The molecule has 0 aromatic heterocycles. The van der Waals surface area contributed by atoms with Gasteiger partial charge in [0.1, 0.15) is 0 Å². The molecule has 1 aliphatic rings. The van der Waals surface area contributed by atoms with Crippen LogP contribution >= 0.6 is 0 Å². The first-order valence-corrected chi connectivity index (χ1v) is 4.97. The largest absolute Gasteiger partial charge is 0.394 e. The maximum absolute atomic E-state index is 12.4. The summed E-state index contributed by atoms with van der Waals surface area (Å²) >= 11 is 0. The zero-order valence-corrected chi connectivity index (χ0v) is 8.83. The highest BCUT2D eigenvalue weighted by Crippen LogP contribution is 2.57. The maximum atomic E-state index is 12.4. The first kappa shape index (κ1) is 12.8. The fraction of sp³-hybridized carbons (Fsp3) is 1.00. The highest BCUT2D eigenvalue weighted by atomic mass is 19.4. The minimum Gasteiger partial charge on any atom is -0.170 e. The molecule has 0 N–H and O–H groups in total. The van der Waals surface area contributed by atoms with Gasteiger partial charge < -0.3 is 0 Å². The molecule has 0 bridgehead atoms. The Balaban J connectivity index is 0.000000671. The summed E-state index contributed by atoms with van der Waals surface area (Å²) in [5, 5.41) is 0. The molecular formula is C10H19F3. The lowest BCUT2D eigenvalue weighted by molar-refractivity contribution is -0.267. The molecule has 1 rings (SSSR count). The Morgan fingerprint density at radius 2 is 1.46 bits per heavy atom. The molecular weight excluding hydrogens is 177 g/mol. The highest BCUT2D eigenvalue weighted by molar-refractivity contribution is 4.95. The van der Waals surface area contributed by atoms with Gasteiger partial charge in [0.2, 0.25) is 0 Å². The van der Waals surface area contributed by atoms with Crippen molar-refractivity contribution in [2.24, 2.45) is 11.3 Å². The van der Waals surface area contributed by atoms with Gasteiger partial charge in [-0.05, 0) is 18.8 Å². The van der Waals surface area contributed by atoms with Gasteiger partial charge >= 0.3 is 6.18 Å². The average molecular weight is 196 g/mol. The molecule has 0 unspecified atom stereocenters. The van der Waals surface area contributed by atoms with Crippen LogP contribution in [0.2, 0.25) is 0 Å². The first-order valence-electron chi connectivity index (χ1n) is 4.97. The van der Waals surface area contributed by atoms with Crippen molar-refractivity contribution in [3.63, 3.8) is 0 Å².